The van der Waals surface area contributed by atoms with E-state index in [1.165, 1.54) is 11.9 Å². The minimum atomic E-state index is 0.617. The molecule has 5 heteroatoms. The van der Waals surface area contributed by atoms with Crippen molar-refractivity contribution in [1.29, 1.82) is 0 Å². The number of likely N-dealkylation sites (N-methyl/N-ethyl adjacent to an activating group) is 1. The summed E-state index contributed by atoms with van der Waals surface area (Å²) in [6.45, 7) is 0.894. The molecule has 0 aliphatic carbocycles. The van der Waals surface area contributed by atoms with E-state index in [-0.39, 0.29) is 0 Å². The highest BCUT2D eigenvalue weighted by atomic mass is 15.3. The van der Waals surface area contributed by atoms with Crippen LogP contribution >= 0.6 is 0 Å². The van der Waals surface area contributed by atoms with Crippen LogP contribution in [0.1, 0.15) is 5.56 Å². The summed E-state index contributed by atoms with van der Waals surface area (Å²) in [5.41, 5.74) is 3.83. The maximum atomic E-state index is 5.33. The van der Waals surface area contributed by atoms with Crippen molar-refractivity contribution in [2.45, 2.75) is 6.42 Å². The molecule has 0 unspecified atom stereocenters. The summed E-state index contributed by atoms with van der Waals surface area (Å²) in [5.74, 6) is 6.80. The summed E-state index contributed by atoms with van der Waals surface area (Å²) in [6, 6.07) is 12.2. The van der Waals surface area contributed by atoms with Crippen LogP contribution in [-0.2, 0) is 6.42 Å². The molecule has 0 radical (unpaired) electrons. The molecule has 0 spiro atoms. The van der Waals surface area contributed by atoms with Crippen LogP contribution in [0.2, 0.25) is 0 Å². The Kier molecular flexibility index (Phi) is 4.09. The van der Waals surface area contributed by atoms with Crippen LogP contribution in [0.5, 0.6) is 0 Å². The van der Waals surface area contributed by atoms with E-state index in [0.29, 0.717) is 5.82 Å². The van der Waals surface area contributed by atoms with Crippen molar-refractivity contribution in [2.75, 3.05) is 23.9 Å². The van der Waals surface area contributed by atoms with Gasteiger partial charge in [-0.1, -0.05) is 30.3 Å². The van der Waals surface area contributed by atoms with Crippen molar-refractivity contribution in [3.05, 3.63) is 48.3 Å². The first-order valence-electron chi connectivity index (χ1n) is 5.83. The highest BCUT2D eigenvalue weighted by Gasteiger charge is 2.04. The smallest absolute Gasteiger partial charge is 0.145 e. The summed E-state index contributed by atoms with van der Waals surface area (Å²) in [4.78, 5) is 10.3. The molecule has 18 heavy (non-hydrogen) atoms. The van der Waals surface area contributed by atoms with E-state index in [1.807, 2.05) is 19.2 Å². The molecule has 3 N–H and O–H groups in total. The Hall–Kier alpha value is -2.14. The molecule has 1 aromatic heterocycles. The monoisotopic (exact) mass is 243 g/mol. The molecular weight excluding hydrogens is 226 g/mol. The molecule has 0 fully saturated rings. The van der Waals surface area contributed by atoms with Gasteiger partial charge in [-0.2, -0.15) is 0 Å². The zero-order chi connectivity index (χ0) is 12.8. The number of hydrogen-bond donors (Lipinski definition) is 2. The zero-order valence-corrected chi connectivity index (χ0v) is 10.4. The van der Waals surface area contributed by atoms with Gasteiger partial charge >= 0.3 is 0 Å². The Morgan fingerprint density at radius 3 is 2.72 bits per heavy atom. The molecule has 0 aliphatic rings. The first-order chi connectivity index (χ1) is 8.79. The lowest BCUT2D eigenvalue weighted by Gasteiger charge is -2.18. The Labute approximate surface area is 107 Å². The van der Waals surface area contributed by atoms with Crippen molar-refractivity contribution in [3.8, 4) is 0 Å². The van der Waals surface area contributed by atoms with Gasteiger partial charge in [-0.15, -0.1) is 0 Å². The van der Waals surface area contributed by atoms with Crippen LogP contribution < -0.4 is 16.2 Å². The standard InChI is InChI=1S/C13H17N5/c1-18(8-7-11-5-3-2-4-6-11)13-9-12(17-14)15-10-16-13/h2-6,9-10H,7-8,14H2,1H3,(H,15,16,17). The van der Waals surface area contributed by atoms with Gasteiger partial charge in [0.2, 0.25) is 0 Å². The van der Waals surface area contributed by atoms with Gasteiger partial charge in [-0.05, 0) is 12.0 Å². The van der Waals surface area contributed by atoms with Crippen molar-refractivity contribution in [2.24, 2.45) is 5.84 Å². The minimum absolute atomic E-state index is 0.617. The lowest BCUT2D eigenvalue weighted by atomic mass is 10.1. The van der Waals surface area contributed by atoms with Crippen LogP contribution in [0.15, 0.2) is 42.7 Å². The Morgan fingerprint density at radius 2 is 2.00 bits per heavy atom. The van der Waals surface area contributed by atoms with Gasteiger partial charge in [0.25, 0.3) is 0 Å². The molecule has 0 amide bonds. The van der Waals surface area contributed by atoms with Crippen LogP contribution in [0.25, 0.3) is 0 Å². The number of nitrogens with two attached hydrogens (primary N) is 1. The molecule has 0 saturated carbocycles. The minimum Gasteiger partial charge on any atom is -0.359 e. The molecule has 0 bridgehead atoms. The number of rotatable bonds is 5. The SMILES string of the molecule is CN(CCc1ccccc1)c1cc(NN)ncn1. The fraction of sp³-hybridized carbons (Fsp3) is 0.231. The highest BCUT2D eigenvalue weighted by Crippen LogP contribution is 2.12. The van der Waals surface area contributed by atoms with E-state index in [9.17, 15) is 0 Å². The summed E-state index contributed by atoms with van der Waals surface area (Å²) in [6.07, 6.45) is 2.48. The molecule has 1 heterocycles. The van der Waals surface area contributed by atoms with Gasteiger partial charge in [-0.25, -0.2) is 15.8 Å². The topological polar surface area (TPSA) is 67.1 Å². The number of nitrogens with one attached hydrogen (secondary N) is 1. The molecule has 94 valence electrons. The second kappa shape index (κ2) is 5.97. The first-order valence-corrected chi connectivity index (χ1v) is 5.83. The molecule has 2 aromatic rings. The quantitative estimate of drug-likeness (QED) is 0.614. The molecular formula is C13H17N5. The number of benzene rings is 1. The molecule has 0 aliphatic heterocycles. The fourth-order valence-corrected chi connectivity index (χ4v) is 1.69. The van der Waals surface area contributed by atoms with E-state index < -0.39 is 0 Å². The average Bonchev–Trinajstić information content (AvgIpc) is 2.46. The summed E-state index contributed by atoms with van der Waals surface area (Å²) in [5, 5.41) is 0. The predicted molar refractivity (Wildman–Crippen MR) is 73.3 cm³/mol. The summed E-state index contributed by atoms with van der Waals surface area (Å²) in [7, 11) is 2.01. The molecule has 1 aromatic carbocycles. The van der Waals surface area contributed by atoms with Crippen LogP contribution in [0.4, 0.5) is 11.6 Å². The van der Waals surface area contributed by atoms with E-state index in [1.54, 1.807) is 0 Å². The Balaban J connectivity index is 1.97. The van der Waals surface area contributed by atoms with Crippen LogP contribution in [-0.4, -0.2) is 23.6 Å². The highest BCUT2D eigenvalue weighted by molar-refractivity contribution is 5.47. The second-order valence-corrected chi connectivity index (χ2v) is 4.06. The maximum absolute atomic E-state index is 5.33. The lowest BCUT2D eigenvalue weighted by molar-refractivity contribution is 0.856. The molecule has 2 rings (SSSR count). The second-order valence-electron chi connectivity index (χ2n) is 4.06. The van der Waals surface area contributed by atoms with Crippen molar-refractivity contribution in [3.63, 3.8) is 0 Å². The molecule has 0 atom stereocenters. The number of nitrogen functional groups attached to an aromatic ring is 1. The third-order valence-corrected chi connectivity index (χ3v) is 2.77. The number of hydrazine groups is 1. The Morgan fingerprint density at radius 1 is 1.22 bits per heavy atom. The number of nitrogens with zero attached hydrogens (tertiary/aromatic N) is 3. The summed E-state index contributed by atoms with van der Waals surface area (Å²) >= 11 is 0. The van der Waals surface area contributed by atoms with E-state index in [2.05, 4.69) is 44.6 Å². The predicted octanol–water partition coefficient (Wildman–Crippen LogP) is 1.44. The number of hydrogen-bond acceptors (Lipinski definition) is 5. The van der Waals surface area contributed by atoms with Gasteiger partial charge in [-0.3, -0.25) is 0 Å². The molecule has 0 saturated heterocycles. The number of anilines is 2. The fourth-order valence-electron chi connectivity index (χ4n) is 1.69. The largest absolute Gasteiger partial charge is 0.359 e. The van der Waals surface area contributed by atoms with E-state index in [4.69, 9.17) is 5.84 Å². The Bertz CT molecular complexity index is 486. The van der Waals surface area contributed by atoms with Crippen molar-refractivity contribution >= 4 is 11.6 Å². The third kappa shape index (κ3) is 3.18. The normalized spacial score (nSPS) is 10.1. The van der Waals surface area contributed by atoms with Gasteiger partial charge in [0.05, 0.1) is 0 Å². The van der Waals surface area contributed by atoms with Crippen molar-refractivity contribution < 1.29 is 0 Å². The lowest BCUT2D eigenvalue weighted by Crippen LogP contribution is -2.22. The van der Waals surface area contributed by atoms with Gasteiger partial charge in [0.1, 0.15) is 18.0 Å². The maximum Gasteiger partial charge on any atom is 0.145 e. The van der Waals surface area contributed by atoms with E-state index >= 15 is 0 Å². The van der Waals surface area contributed by atoms with Gasteiger partial charge < -0.3 is 10.3 Å². The van der Waals surface area contributed by atoms with Gasteiger partial charge in [0.15, 0.2) is 0 Å². The first kappa shape index (κ1) is 12.3. The van der Waals surface area contributed by atoms with Crippen molar-refractivity contribution in [1.82, 2.24) is 9.97 Å². The van der Waals surface area contributed by atoms with Gasteiger partial charge in [0, 0.05) is 19.7 Å². The average molecular weight is 243 g/mol. The molecule has 5 nitrogen and oxygen atoms in total. The van der Waals surface area contributed by atoms with Crippen LogP contribution in [0, 0.1) is 0 Å². The number of aromatic nitrogens is 2. The van der Waals surface area contributed by atoms with E-state index in [0.717, 1.165) is 18.8 Å². The summed E-state index contributed by atoms with van der Waals surface area (Å²) < 4.78 is 0. The third-order valence-electron chi connectivity index (χ3n) is 2.77. The zero-order valence-electron chi connectivity index (χ0n) is 10.4. The van der Waals surface area contributed by atoms with Crippen LogP contribution in [0.3, 0.4) is 0 Å².